The molecule has 0 heterocycles. The average Bonchev–Trinajstić information content (AvgIpc) is 2.15. The molecule has 0 unspecified atom stereocenters. The summed E-state index contributed by atoms with van der Waals surface area (Å²) >= 11 is 0.599. The number of benzene rings is 1. The Labute approximate surface area is 87.5 Å². The second kappa shape index (κ2) is 5.32. The Bertz CT molecular complexity index is 258. The van der Waals surface area contributed by atoms with Crippen LogP contribution in [0.2, 0.25) is 5.28 Å². The third-order valence-corrected chi connectivity index (χ3v) is 3.43. The third kappa shape index (κ3) is 3.06. The van der Waals surface area contributed by atoms with Crippen molar-refractivity contribution in [2.45, 2.75) is 17.5 Å². The van der Waals surface area contributed by atoms with Crippen LogP contribution in [0.4, 0.5) is 5.69 Å². The van der Waals surface area contributed by atoms with Crippen molar-refractivity contribution in [1.29, 1.82) is 0 Å². The van der Waals surface area contributed by atoms with Gasteiger partial charge in [-0.1, -0.05) is 0 Å². The molecule has 0 atom stereocenters. The Morgan fingerprint density at radius 3 is 2.54 bits per heavy atom. The molecule has 13 heavy (non-hydrogen) atoms. The molecular weight excluding hydrogens is 173 g/mol. The molecule has 0 spiro atoms. The number of anilines is 1. The van der Waals surface area contributed by atoms with Crippen LogP contribution in [0.15, 0.2) is 24.3 Å². The first-order valence-electron chi connectivity index (χ1n) is 4.82. The molecule has 0 saturated heterocycles. The van der Waals surface area contributed by atoms with Crippen molar-refractivity contribution in [3.8, 4) is 0 Å². The standard InChI is InChI=1S/C9H12N.C2H5.Al/c1-8-6-4-5-7-9(8)10(2)3;1-2;/h4-7H,1H2,2-3H3;1H2,2H3;/q;;+1. The van der Waals surface area contributed by atoms with Gasteiger partial charge >= 0.3 is 87.2 Å². The molecule has 0 saturated carbocycles. The van der Waals surface area contributed by atoms with E-state index >= 15 is 0 Å². The topological polar surface area (TPSA) is 3.24 Å². The van der Waals surface area contributed by atoms with Crippen molar-refractivity contribution < 1.29 is 0 Å². The zero-order valence-electron chi connectivity index (χ0n) is 8.75. The van der Waals surface area contributed by atoms with Crippen molar-refractivity contribution in [2.24, 2.45) is 0 Å². The van der Waals surface area contributed by atoms with Crippen LogP contribution < -0.4 is 4.90 Å². The molecule has 0 bridgehead atoms. The minimum absolute atomic E-state index is 0.599. The third-order valence-electron chi connectivity index (χ3n) is 2.13. The summed E-state index contributed by atoms with van der Waals surface area (Å²) in [5, 5.41) is 2.63. The Morgan fingerprint density at radius 2 is 1.92 bits per heavy atom. The van der Waals surface area contributed by atoms with Crippen LogP contribution in [-0.4, -0.2) is 29.3 Å². The van der Waals surface area contributed by atoms with Crippen molar-refractivity contribution in [2.75, 3.05) is 19.0 Å². The zero-order valence-corrected chi connectivity index (χ0v) is 9.90. The van der Waals surface area contributed by atoms with Crippen LogP contribution in [-0.2, 0) is 5.28 Å². The molecule has 0 fully saturated rings. The molecule has 0 aromatic heterocycles. The van der Waals surface area contributed by atoms with Gasteiger partial charge < -0.3 is 0 Å². The summed E-state index contributed by atoms with van der Waals surface area (Å²) in [4.78, 5) is 2.20. The van der Waals surface area contributed by atoms with Gasteiger partial charge in [-0.3, -0.25) is 0 Å². The quantitative estimate of drug-likeness (QED) is 0.659. The Balaban J connectivity index is 2.78. The summed E-state index contributed by atoms with van der Waals surface area (Å²) in [5.74, 6) is 0. The van der Waals surface area contributed by atoms with Gasteiger partial charge in [0.05, 0.1) is 0 Å². The van der Waals surface area contributed by atoms with Gasteiger partial charge in [-0.25, -0.2) is 0 Å². The van der Waals surface area contributed by atoms with E-state index in [0.29, 0.717) is 15.2 Å². The van der Waals surface area contributed by atoms with Gasteiger partial charge in [0.15, 0.2) is 0 Å². The molecule has 0 radical (unpaired) electrons. The molecule has 2 heteroatoms. The molecule has 0 aliphatic carbocycles. The second-order valence-electron chi connectivity index (χ2n) is 3.42. The fraction of sp³-hybridized carbons (Fsp3) is 0.455. The van der Waals surface area contributed by atoms with Gasteiger partial charge in [-0.05, 0) is 0 Å². The molecule has 0 N–H and O–H groups in total. The first-order chi connectivity index (χ1) is 6.25. The molecule has 0 aliphatic rings. The van der Waals surface area contributed by atoms with Crippen LogP contribution >= 0.6 is 0 Å². The molecule has 1 aromatic rings. The molecule has 0 aliphatic heterocycles. The minimum atomic E-state index is 0.599. The molecular formula is C11H17AlN+. The zero-order chi connectivity index (χ0) is 9.68. The van der Waals surface area contributed by atoms with Gasteiger partial charge in [0.25, 0.3) is 0 Å². The summed E-state index contributed by atoms with van der Waals surface area (Å²) in [6.45, 7) is 2.27. The fourth-order valence-corrected chi connectivity index (χ4v) is 2.36. The molecule has 1 nitrogen and oxygen atoms in total. The van der Waals surface area contributed by atoms with Crippen LogP contribution in [0.3, 0.4) is 0 Å². The average molecular weight is 190 g/mol. The van der Waals surface area contributed by atoms with Crippen molar-refractivity contribution in [3.05, 3.63) is 29.8 Å². The normalized spacial score (nSPS) is 9.46. The number of hydrogen-bond acceptors (Lipinski definition) is 1. The van der Waals surface area contributed by atoms with Gasteiger partial charge in [0.1, 0.15) is 0 Å². The first-order valence-corrected chi connectivity index (χ1v) is 6.46. The van der Waals surface area contributed by atoms with Gasteiger partial charge in [0.2, 0.25) is 0 Å². The van der Waals surface area contributed by atoms with Gasteiger partial charge in [0, 0.05) is 0 Å². The van der Waals surface area contributed by atoms with E-state index in [1.807, 2.05) is 0 Å². The molecule has 0 amide bonds. The number of para-hydroxylation sites is 1. The summed E-state index contributed by atoms with van der Waals surface area (Å²) < 4.78 is 0. The van der Waals surface area contributed by atoms with E-state index < -0.39 is 0 Å². The van der Waals surface area contributed by atoms with E-state index in [1.54, 1.807) is 0 Å². The Kier molecular flexibility index (Phi) is 4.35. The van der Waals surface area contributed by atoms with E-state index in [0.717, 1.165) is 0 Å². The van der Waals surface area contributed by atoms with E-state index in [9.17, 15) is 0 Å². The monoisotopic (exact) mass is 190 g/mol. The van der Waals surface area contributed by atoms with E-state index in [2.05, 4.69) is 50.2 Å². The molecule has 68 valence electrons. The van der Waals surface area contributed by atoms with E-state index in [-0.39, 0.29) is 0 Å². The van der Waals surface area contributed by atoms with Crippen LogP contribution in [0.25, 0.3) is 0 Å². The van der Waals surface area contributed by atoms with E-state index in [4.69, 9.17) is 0 Å². The summed E-state index contributed by atoms with van der Waals surface area (Å²) in [6, 6.07) is 8.69. The van der Waals surface area contributed by atoms with Crippen LogP contribution in [0.5, 0.6) is 0 Å². The summed E-state index contributed by atoms with van der Waals surface area (Å²) in [7, 11) is 4.22. The number of hydrogen-bond donors (Lipinski definition) is 0. The molecule has 1 rings (SSSR count). The molecule has 1 aromatic carbocycles. The SMILES string of the molecule is C[CH2][Al+][CH2]c1ccccc1N(C)C. The summed E-state index contributed by atoms with van der Waals surface area (Å²) in [6.07, 6.45) is 0. The van der Waals surface area contributed by atoms with Gasteiger partial charge in [-0.15, -0.1) is 0 Å². The van der Waals surface area contributed by atoms with Crippen molar-refractivity contribution in [3.63, 3.8) is 0 Å². The van der Waals surface area contributed by atoms with Crippen molar-refractivity contribution in [1.82, 2.24) is 0 Å². The van der Waals surface area contributed by atoms with E-state index in [1.165, 1.54) is 21.8 Å². The summed E-state index contributed by atoms with van der Waals surface area (Å²) in [5.41, 5.74) is 2.88. The van der Waals surface area contributed by atoms with Gasteiger partial charge in [-0.2, -0.15) is 0 Å². The second-order valence-corrected chi connectivity index (χ2v) is 5.23. The van der Waals surface area contributed by atoms with Crippen molar-refractivity contribution >= 4 is 20.9 Å². The predicted molar refractivity (Wildman–Crippen MR) is 60.7 cm³/mol. The number of rotatable bonds is 4. The first kappa shape index (κ1) is 10.6. The van der Waals surface area contributed by atoms with Crippen LogP contribution in [0, 0.1) is 0 Å². The fourth-order valence-electron chi connectivity index (χ4n) is 1.42. The van der Waals surface area contributed by atoms with Crippen LogP contribution in [0.1, 0.15) is 12.5 Å². The maximum absolute atomic E-state index is 2.27. The Hall–Kier alpha value is -0.448. The maximum atomic E-state index is 2.27. The number of nitrogens with zero attached hydrogens (tertiary/aromatic N) is 1. The predicted octanol–water partition coefficient (Wildman–Crippen LogP) is 2.40. The Morgan fingerprint density at radius 1 is 1.23 bits per heavy atom.